The van der Waals surface area contributed by atoms with E-state index in [-0.39, 0.29) is 6.61 Å². The van der Waals surface area contributed by atoms with E-state index in [0.717, 1.165) is 18.7 Å². The van der Waals surface area contributed by atoms with Crippen molar-refractivity contribution in [2.24, 2.45) is 5.10 Å². The zero-order valence-corrected chi connectivity index (χ0v) is 10.3. The largest absolute Gasteiger partial charge is 0.395 e. The van der Waals surface area contributed by atoms with Crippen LogP contribution in [0.1, 0.15) is 5.56 Å². The lowest BCUT2D eigenvalue weighted by Gasteiger charge is -2.17. The van der Waals surface area contributed by atoms with Crippen LogP contribution in [-0.2, 0) is 0 Å². The van der Waals surface area contributed by atoms with Gasteiger partial charge in [-0.1, -0.05) is 30.3 Å². The van der Waals surface area contributed by atoms with Crippen molar-refractivity contribution in [1.29, 1.82) is 0 Å². The predicted octanol–water partition coefficient (Wildman–Crippen LogP) is 0.915. The highest BCUT2D eigenvalue weighted by Gasteiger charge is 2.23. The number of β-amino-alcohol motifs (C(OH)–C–C–N with tert-alkyl or cyclic N) is 1. The molecule has 90 valence electrons. The third kappa shape index (κ3) is 3.01. The van der Waals surface area contributed by atoms with E-state index in [2.05, 4.69) is 5.10 Å². The van der Waals surface area contributed by atoms with Gasteiger partial charge in [-0.15, -0.1) is 0 Å². The van der Waals surface area contributed by atoms with Crippen molar-refractivity contribution >= 4 is 23.5 Å². The zero-order valence-electron chi connectivity index (χ0n) is 9.49. The Hall–Kier alpha value is -1.46. The van der Waals surface area contributed by atoms with Crippen LogP contribution in [0.25, 0.3) is 0 Å². The van der Waals surface area contributed by atoms with Crippen LogP contribution >= 0.6 is 12.2 Å². The van der Waals surface area contributed by atoms with Crippen LogP contribution in [0, 0.1) is 0 Å². The van der Waals surface area contributed by atoms with Crippen molar-refractivity contribution in [2.45, 2.75) is 0 Å². The van der Waals surface area contributed by atoms with Gasteiger partial charge in [0.05, 0.1) is 19.4 Å². The number of aliphatic hydroxyl groups is 1. The smallest absolute Gasteiger partial charge is 0.192 e. The lowest BCUT2D eigenvalue weighted by molar-refractivity contribution is 0.258. The Morgan fingerprint density at radius 1 is 1.29 bits per heavy atom. The van der Waals surface area contributed by atoms with Gasteiger partial charge in [-0.05, 0) is 17.8 Å². The molecule has 0 aromatic heterocycles. The summed E-state index contributed by atoms with van der Waals surface area (Å²) in [5.41, 5.74) is 1.05. The molecule has 0 spiro atoms. The molecule has 0 aliphatic carbocycles. The highest BCUT2D eigenvalue weighted by Crippen LogP contribution is 2.09. The van der Waals surface area contributed by atoms with Crippen molar-refractivity contribution in [2.75, 3.05) is 26.2 Å². The molecule has 0 atom stereocenters. The summed E-state index contributed by atoms with van der Waals surface area (Å²) in [6, 6.07) is 9.91. The molecule has 1 heterocycles. The minimum absolute atomic E-state index is 0.121. The minimum atomic E-state index is 0.121. The van der Waals surface area contributed by atoms with Crippen LogP contribution in [0.4, 0.5) is 0 Å². The number of hydrazone groups is 1. The van der Waals surface area contributed by atoms with Gasteiger partial charge in [0, 0.05) is 13.1 Å². The Bertz CT molecular complexity index is 407. The van der Waals surface area contributed by atoms with Gasteiger partial charge in [-0.3, -0.25) is 0 Å². The van der Waals surface area contributed by atoms with E-state index in [9.17, 15) is 0 Å². The number of aliphatic hydroxyl groups excluding tert-OH is 1. The quantitative estimate of drug-likeness (QED) is 0.636. The predicted molar refractivity (Wildman–Crippen MR) is 72.0 cm³/mol. The molecule has 0 bridgehead atoms. The number of benzene rings is 1. The maximum Gasteiger partial charge on any atom is 0.192 e. The second kappa shape index (κ2) is 5.75. The number of hydrogen-bond donors (Lipinski definition) is 1. The first-order chi connectivity index (χ1) is 8.31. The van der Waals surface area contributed by atoms with Gasteiger partial charge in [-0.2, -0.15) is 5.10 Å². The maximum absolute atomic E-state index is 8.88. The molecule has 5 heteroatoms. The van der Waals surface area contributed by atoms with Gasteiger partial charge in [0.15, 0.2) is 5.11 Å². The molecule has 0 saturated carbocycles. The first-order valence-corrected chi connectivity index (χ1v) is 5.98. The molecule has 1 aromatic carbocycles. The molecule has 17 heavy (non-hydrogen) atoms. The average molecular weight is 249 g/mol. The Balaban J connectivity index is 1.97. The van der Waals surface area contributed by atoms with E-state index in [1.165, 1.54) is 0 Å². The number of hydrogen-bond acceptors (Lipinski definition) is 3. The van der Waals surface area contributed by atoms with E-state index in [0.29, 0.717) is 11.7 Å². The van der Waals surface area contributed by atoms with E-state index in [1.807, 2.05) is 35.2 Å². The molecular formula is C12H15N3OS. The zero-order chi connectivity index (χ0) is 12.1. The Morgan fingerprint density at radius 2 is 2.06 bits per heavy atom. The van der Waals surface area contributed by atoms with Crippen LogP contribution in [-0.4, -0.2) is 52.6 Å². The monoisotopic (exact) mass is 249 g/mol. The van der Waals surface area contributed by atoms with Gasteiger partial charge in [0.1, 0.15) is 0 Å². The fourth-order valence-electron chi connectivity index (χ4n) is 1.68. The summed E-state index contributed by atoms with van der Waals surface area (Å²) in [5, 5.41) is 15.7. The fraction of sp³-hybridized carbons (Fsp3) is 0.333. The van der Waals surface area contributed by atoms with Crippen LogP contribution < -0.4 is 0 Å². The highest BCUT2D eigenvalue weighted by atomic mass is 32.1. The summed E-state index contributed by atoms with van der Waals surface area (Å²) in [7, 11) is 0. The van der Waals surface area contributed by atoms with Gasteiger partial charge in [0.2, 0.25) is 0 Å². The lowest BCUT2D eigenvalue weighted by Crippen LogP contribution is -2.31. The molecule has 0 radical (unpaired) electrons. The first-order valence-electron chi connectivity index (χ1n) is 5.57. The van der Waals surface area contributed by atoms with Crippen LogP contribution in [0.15, 0.2) is 35.4 Å². The van der Waals surface area contributed by atoms with Crippen LogP contribution in [0.5, 0.6) is 0 Å². The standard InChI is InChI=1S/C12H15N3OS/c16-9-8-14-6-7-15(12(14)17)13-10-11-4-2-1-3-5-11/h1-5,10,16H,6-9H2/b13-10+. The molecule has 1 aromatic rings. The van der Waals surface area contributed by atoms with Crippen molar-refractivity contribution < 1.29 is 5.11 Å². The second-order valence-corrected chi connectivity index (χ2v) is 4.14. The van der Waals surface area contributed by atoms with Crippen molar-refractivity contribution in [3.63, 3.8) is 0 Å². The van der Waals surface area contributed by atoms with Gasteiger partial charge in [-0.25, -0.2) is 5.01 Å². The Labute approximate surface area is 106 Å². The van der Waals surface area contributed by atoms with Crippen molar-refractivity contribution in [3.05, 3.63) is 35.9 Å². The summed E-state index contributed by atoms with van der Waals surface area (Å²) in [6.07, 6.45) is 1.80. The summed E-state index contributed by atoms with van der Waals surface area (Å²) >= 11 is 5.27. The third-order valence-corrected chi connectivity index (χ3v) is 3.06. The SMILES string of the molecule is OCCN1CCN(/N=C/c2ccccc2)C1=S. The second-order valence-electron chi connectivity index (χ2n) is 3.77. The number of thiocarbonyl (C=S) groups is 1. The molecule has 4 nitrogen and oxygen atoms in total. The topological polar surface area (TPSA) is 39.1 Å². The minimum Gasteiger partial charge on any atom is -0.395 e. The number of rotatable bonds is 4. The first kappa shape index (κ1) is 12.0. The maximum atomic E-state index is 8.88. The molecule has 1 fully saturated rings. The van der Waals surface area contributed by atoms with E-state index >= 15 is 0 Å². The van der Waals surface area contributed by atoms with Gasteiger partial charge < -0.3 is 10.0 Å². The van der Waals surface area contributed by atoms with E-state index in [4.69, 9.17) is 17.3 Å². The van der Waals surface area contributed by atoms with Crippen molar-refractivity contribution in [3.8, 4) is 0 Å². The molecule has 1 aliphatic heterocycles. The summed E-state index contributed by atoms with van der Waals surface area (Å²) in [4.78, 5) is 1.96. The summed E-state index contributed by atoms with van der Waals surface area (Å²) < 4.78 is 0. The lowest BCUT2D eigenvalue weighted by atomic mass is 10.2. The van der Waals surface area contributed by atoms with Crippen LogP contribution in [0.2, 0.25) is 0 Å². The molecule has 1 saturated heterocycles. The van der Waals surface area contributed by atoms with E-state index < -0.39 is 0 Å². The normalized spacial score (nSPS) is 16.2. The Morgan fingerprint density at radius 3 is 2.76 bits per heavy atom. The highest BCUT2D eigenvalue weighted by molar-refractivity contribution is 7.80. The van der Waals surface area contributed by atoms with Crippen LogP contribution in [0.3, 0.4) is 0 Å². The van der Waals surface area contributed by atoms with Gasteiger partial charge in [0.25, 0.3) is 0 Å². The average Bonchev–Trinajstić information content (AvgIpc) is 2.70. The van der Waals surface area contributed by atoms with E-state index in [1.54, 1.807) is 11.2 Å². The third-order valence-electron chi connectivity index (χ3n) is 2.59. The molecule has 2 rings (SSSR count). The fourth-order valence-corrected chi connectivity index (χ4v) is 2.00. The van der Waals surface area contributed by atoms with Gasteiger partial charge >= 0.3 is 0 Å². The number of nitrogens with zero attached hydrogens (tertiary/aromatic N) is 3. The molecule has 0 amide bonds. The van der Waals surface area contributed by atoms with Crippen molar-refractivity contribution in [1.82, 2.24) is 9.91 Å². The molecule has 1 N–H and O–H groups in total. The molecule has 1 aliphatic rings. The Kier molecular flexibility index (Phi) is 4.06. The summed E-state index contributed by atoms with van der Waals surface area (Å²) in [5.74, 6) is 0. The summed E-state index contributed by atoms with van der Waals surface area (Å²) in [6.45, 7) is 2.31. The molecule has 0 unspecified atom stereocenters. The molecular weight excluding hydrogens is 234 g/mol.